The van der Waals surface area contributed by atoms with Crippen molar-refractivity contribution in [3.63, 3.8) is 0 Å². The molecule has 2 N–H and O–H groups in total. The predicted molar refractivity (Wildman–Crippen MR) is 108 cm³/mol. The van der Waals surface area contributed by atoms with Gasteiger partial charge in [-0.15, -0.1) is 0 Å². The molecule has 0 saturated heterocycles. The van der Waals surface area contributed by atoms with Crippen LogP contribution in [0.4, 0.5) is 0 Å². The quantitative estimate of drug-likeness (QED) is 0.508. The Hall–Kier alpha value is -3.19. The summed E-state index contributed by atoms with van der Waals surface area (Å²) in [6.07, 6.45) is 0. The molecule has 1 atom stereocenters. The molecule has 0 aliphatic carbocycles. The summed E-state index contributed by atoms with van der Waals surface area (Å²) < 4.78 is 5.02. The van der Waals surface area contributed by atoms with Crippen molar-refractivity contribution in [2.75, 3.05) is 13.2 Å². The van der Waals surface area contributed by atoms with Gasteiger partial charge in [0, 0.05) is 22.7 Å². The van der Waals surface area contributed by atoms with Crippen LogP contribution in [0.15, 0.2) is 48.5 Å². The minimum Gasteiger partial charge on any atom is -0.452 e. The highest BCUT2D eigenvalue weighted by Crippen LogP contribution is 2.17. The van der Waals surface area contributed by atoms with E-state index in [9.17, 15) is 19.2 Å². The van der Waals surface area contributed by atoms with Gasteiger partial charge in [-0.05, 0) is 44.2 Å². The summed E-state index contributed by atoms with van der Waals surface area (Å²) in [5.41, 5.74) is 0.552. The lowest BCUT2D eigenvalue weighted by Crippen LogP contribution is -2.46. The molecule has 29 heavy (non-hydrogen) atoms. The van der Waals surface area contributed by atoms with Gasteiger partial charge in [-0.3, -0.25) is 14.4 Å². The lowest BCUT2D eigenvalue weighted by atomic mass is 9.98. The molecule has 0 aromatic heterocycles. The van der Waals surface area contributed by atoms with Gasteiger partial charge in [-0.1, -0.05) is 29.8 Å². The van der Waals surface area contributed by atoms with Gasteiger partial charge in [0.25, 0.3) is 5.91 Å². The third kappa shape index (κ3) is 6.15. The van der Waals surface area contributed by atoms with Crippen molar-refractivity contribution < 1.29 is 23.9 Å². The number of rotatable bonds is 8. The zero-order valence-electron chi connectivity index (χ0n) is 16.0. The Labute approximate surface area is 173 Å². The van der Waals surface area contributed by atoms with Crippen LogP contribution >= 0.6 is 11.6 Å². The van der Waals surface area contributed by atoms with Crippen LogP contribution in [0.5, 0.6) is 0 Å². The van der Waals surface area contributed by atoms with Crippen LogP contribution in [-0.4, -0.2) is 42.8 Å². The van der Waals surface area contributed by atoms with Crippen LogP contribution in [-0.2, 0) is 14.3 Å². The second-order valence-corrected chi connectivity index (χ2v) is 6.58. The molecule has 2 amide bonds. The van der Waals surface area contributed by atoms with Gasteiger partial charge in [0.15, 0.2) is 12.4 Å². The predicted octanol–water partition coefficient (Wildman–Crippen LogP) is 2.37. The maximum atomic E-state index is 12.7. The summed E-state index contributed by atoms with van der Waals surface area (Å²) in [6, 6.07) is 11.7. The fourth-order valence-corrected chi connectivity index (χ4v) is 2.63. The SMILES string of the molecule is CCNC(=O)[C@@H](C)NC(=O)COC(=O)c1ccccc1C(=O)c1ccc(Cl)cc1. The Kier molecular flexibility index (Phi) is 7.91. The van der Waals surface area contributed by atoms with Crippen molar-refractivity contribution in [1.82, 2.24) is 10.6 Å². The topological polar surface area (TPSA) is 102 Å². The largest absolute Gasteiger partial charge is 0.452 e. The molecule has 0 bridgehead atoms. The monoisotopic (exact) mass is 416 g/mol. The highest BCUT2D eigenvalue weighted by atomic mass is 35.5. The van der Waals surface area contributed by atoms with Crippen LogP contribution in [0, 0.1) is 0 Å². The lowest BCUT2D eigenvalue weighted by molar-refractivity contribution is -0.130. The Bertz CT molecular complexity index is 912. The van der Waals surface area contributed by atoms with Crippen molar-refractivity contribution in [1.29, 1.82) is 0 Å². The minimum absolute atomic E-state index is 0.0389. The van der Waals surface area contributed by atoms with Crippen molar-refractivity contribution in [2.45, 2.75) is 19.9 Å². The molecule has 7 nitrogen and oxygen atoms in total. The molecular formula is C21H21ClN2O5. The molecule has 2 aromatic rings. The fraction of sp³-hybridized carbons (Fsp3) is 0.238. The number of halogens is 1. The van der Waals surface area contributed by atoms with E-state index in [1.54, 1.807) is 43.3 Å². The normalized spacial score (nSPS) is 11.3. The average Bonchev–Trinajstić information content (AvgIpc) is 2.72. The Morgan fingerprint density at radius 2 is 1.62 bits per heavy atom. The zero-order chi connectivity index (χ0) is 21.4. The number of carbonyl (C=O) groups excluding carboxylic acids is 4. The molecule has 0 heterocycles. The van der Waals surface area contributed by atoms with Crippen molar-refractivity contribution in [3.05, 3.63) is 70.2 Å². The number of ether oxygens (including phenoxy) is 1. The number of benzene rings is 2. The molecule has 152 valence electrons. The van der Waals surface area contributed by atoms with Gasteiger partial charge in [0.1, 0.15) is 6.04 Å². The van der Waals surface area contributed by atoms with E-state index in [1.165, 1.54) is 19.1 Å². The summed E-state index contributed by atoms with van der Waals surface area (Å²) in [5.74, 6) is -2.16. The molecule has 0 saturated carbocycles. The van der Waals surface area contributed by atoms with Crippen molar-refractivity contribution >= 4 is 35.2 Å². The second-order valence-electron chi connectivity index (χ2n) is 6.14. The zero-order valence-corrected chi connectivity index (χ0v) is 16.8. The van der Waals surface area contributed by atoms with E-state index in [0.717, 1.165) is 0 Å². The molecule has 0 fully saturated rings. The van der Waals surface area contributed by atoms with E-state index < -0.39 is 24.5 Å². The summed E-state index contributed by atoms with van der Waals surface area (Å²) in [7, 11) is 0. The van der Waals surface area contributed by atoms with Crippen LogP contribution in [0.2, 0.25) is 5.02 Å². The molecule has 0 aliphatic rings. The Morgan fingerprint density at radius 1 is 1.00 bits per heavy atom. The number of nitrogens with one attached hydrogen (secondary N) is 2. The number of hydrogen-bond donors (Lipinski definition) is 2. The first-order valence-corrected chi connectivity index (χ1v) is 9.34. The van der Waals surface area contributed by atoms with Crippen molar-refractivity contribution in [3.8, 4) is 0 Å². The van der Waals surface area contributed by atoms with Crippen LogP contribution < -0.4 is 10.6 Å². The first-order valence-electron chi connectivity index (χ1n) is 8.97. The number of hydrogen-bond acceptors (Lipinski definition) is 5. The lowest BCUT2D eigenvalue weighted by Gasteiger charge is -2.14. The highest BCUT2D eigenvalue weighted by molar-refractivity contribution is 6.30. The smallest absolute Gasteiger partial charge is 0.339 e. The standard InChI is InChI=1S/C21H21ClN2O5/c1-3-23-20(27)13(2)24-18(25)12-29-21(28)17-7-5-4-6-16(17)19(26)14-8-10-15(22)11-9-14/h4-11,13H,3,12H2,1-2H3,(H,23,27)(H,24,25)/t13-/m1/s1. The van der Waals surface area contributed by atoms with Crippen molar-refractivity contribution in [2.24, 2.45) is 0 Å². The highest BCUT2D eigenvalue weighted by Gasteiger charge is 2.21. The van der Waals surface area contributed by atoms with Gasteiger partial charge in [-0.2, -0.15) is 0 Å². The van der Waals surface area contributed by atoms with E-state index in [0.29, 0.717) is 17.1 Å². The molecule has 0 spiro atoms. The molecule has 0 unspecified atom stereocenters. The van der Waals surface area contributed by atoms with Crippen LogP contribution in [0.1, 0.15) is 40.1 Å². The third-order valence-corrected chi connectivity index (χ3v) is 4.21. The summed E-state index contributed by atoms with van der Waals surface area (Å²) in [4.78, 5) is 48.7. The molecule has 2 aromatic carbocycles. The minimum atomic E-state index is -0.816. The number of carbonyl (C=O) groups is 4. The first kappa shape index (κ1) is 22.1. The summed E-state index contributed by atoms with van der Waals surface area (Å²) >= 11 is 5.84. The number of likely N-dealkylation sites (N-methyl/N-ethyl adjacent to an activating group) is 1. The van der Waals surface area contributed by atoms with E-state index in [-0.39, 0.29) is 22.8 Å². The molecule has 2 rings (SSSR count). The molecule has 8 heteroatoms. The third-order valence-electron chi connectivity index (χ3n) is 3.95. The summed E-state index contributed by atoms with van der Waals surface area (Å²) in [5, 5.41) is 5.49. The number of amides is 2. The van der Waals surface area contributed by atoms with Gasteiger partial charge in [-0.25, -0.2) is 4.79 Å². The fourth-order valence-electron chi connectivity index (χ4n) is 2.50. The number of ketones is 1. The first-order chi connectivity index (χ1) is 13.8. The second kappa shape index (κ2) is 10.4. The van der Waals surface area contributed by atoms with Crippen LogP contribution in [0.3, 0.4) is 0 Å². The van der Waals surface area contributed by atoms with Gasteiger partial charge in [0.05, 0.1) is 5.56 Å². The van der Waals surface area contributed by atoms with E-state index in [1.807, 2.05) is 0 Å². The average molecular weight is 417 g/mol. The molecule has 0 radical (unpaired) electrons. The maximum Gasteiger partial charge on any atom is 0.339 e. The Morgan fingerprint density at radius 3 is 2.24 bits per heavy atom. The van der Waals surface area contributed by atoms with E-state index >= 15 is 0 Å². The maximum absolute atomic E-state index is 12.7. The van der Waals surface area contributed by atoms with Gasteiger partial charge in [0.2, 0.25) is 5.91 Å². The molecular weight excluding hydrogens is 396 g/mol. The molecule has 0 aliphatic heterocycles. The van der Waals surface area contributed by atoms with E-state index in [2.05, 4.69) is 10.6 Å². The Balaban J connectivity index is 2.04. The van der Waals surface area contributed by atoms with Crippen LogP contribution in [0.25, 0.3) is 0 Å². The van der Waals surface area contributed by atoms with Gasteiger partial charge >= 0.3 is 5.97 Å². The number of esters is 1. The van der Waals surface area contributed by atoms with Gasteiger partial charge < -0.3 is 15.4 Å². The van der Waals surface area contributed by atoms with E-state index in [4.69, 9.17) is 16.3 Å². The summed E-state index contributed by atoms with van der Waals surface area (Å²) in [6.45, 7) is 3.14.